The van der Waals surface area contributed by atoms with Crippen molar-refractivity contribution in [2.24, 2.45) is 0 Å². The van der Waals surface area contributed by atoms with Crippen molar-refractivity contribution >= 4 is 58.5 Å². The Morgan fingerprint density at radius 3 is 2.68 bits per heavy atom. The summed E-state index contributed by atoms with van der Waals surface area (Å²) in [6, 6.07) is 13.2. The fourth-order valence-electron chi connectivity index (χ4n) is 2.64. The van der Waals surface area contributed by atoms with Crippen LogP contribution in [-0.2, 0) is 9.59 Å². The van der Waals surface area contributed by atoms with Gasteiger partial charge in [-0.1, -0.05) is 35.3 Å². The molecule has 2 aromatic carbocycles. The lowest BCUT2D eigenvalue weighted by molar-refractivity contribution is -0.132. The van der Waals surface area contributed by atoms with E-state index in [0.717, 1.165) is 0 Å². The summed E-state index contributed by atoms with van der Waals surface area (Å²) in [5.74, 6) is 0.399. The van der Waals surface area contributed by atoms with Crippen molar-refractivity contribution in [3.05, 3.63) is 69.7 Å². The summed E-state index contributed by atoms with van der Waals surface area (Å²) in [6.07, 6.45) is 2.99. The number of amides is 2. The zero-order valence-corrected chi connectivity index (χ0v) is 16.9. The number of carbonyl (C=O) groups excluding carboxylic acids is 2. The minimum absolute atomic E-state index is 0.266. The third-order valence-corrected chi connectivity index (χ3v) is 5.98. The van der Waals surface area contributed by atoms with Gasteiger partial charge in [-0.2, -0.15) is 5.26 Å². The lowest BCUT2D eigenvalue weighted by Crippen LogP contribution is -2.43. The van der Waals surface area contributed by atoms with Crippen LogP contribution in [0, 0.1) is 11.3 Å². The number of nitriles is 1. The second-order valence-corrected chi connectivity index (χ2v) is 7.76. The average molecular weight is 432 g/mol. The van der Waals surface area contributed by atoms with Gasteiger partial charge in [-0.15, -0.1) is 11.8 Å². The van der Waals surface area contributed by atoms with Crippen LogP contribution in [0.15, 0.2) is 48.5 Å². The Morgan fingerprint density at radius 2 is 1.96 bits per heavy atom. The van der Waals surface area contributed by atoms with Gasteiger partial charge in [-0.3, -0.25) is 9.59 Å². The summed E-state index contributed by atoms with van der Waals surface area (Å²) in [4.78, 5) is 26.7. The van der Waals surface area contributed by atoms with Crippen LogP contribution < -0.4 is 5.32 Å². The molecule has 2 aromatic rings. The van der Waals surface area contributed by atoms with Gasteiger partial charge in [0.05, 0.1) is 27.6 Å². The molecule has 1 unspecified atom stereocenters. The normalized spacial score (nSPS) is 16.2. The topological polar surface area (TPSA) is 73.2 Å². The Hall–Kier alpha value is -2.46. The highest BCUT2D eigenvalue weighted by atomic mass is 35.5. The van der Waals surface area contributed by atoms with Gasteiger partial charge in [-0.25, -0.2) is 0 Å². The molecule has 5 nitrogen and oxygen atoms in total. The van der Waals surface area contributed by atoms with Crippen LogP contribution in [0.5, 0.6) is 0 Å². The molecular weight excluding hydrogens is 417 g/mol. The summed E-state index contributed by atoms with van der Waals surface area (Å²) >= 11 is 13.6. The largest absolute Gasteiger partial charge is 0.324 e. The molecule has 1 atom stereocenters. The number of anilines is 1. The zero-order chi connectivity index (χ0) is 20.1. The van der Waals surface area contributed by atoms with Crippen LogP contribution in [0.4, 0.5) is 5.69 Å². The SMILES string of the molecule is N#Cc1ccc(NC(=O)C2CSCN2C(=O)/C=C/c2cccc(Cl)c2Cl)cc1. The monoisotopic (exact) mass is 431 g/mol. The van der Waals surface area contributed by atoms with Crippen LogP contribution >= 0.6 is 35.0 Å². The molecule has 0 aromatic heterocycles. The van der Waals surface area contributed by atoms with E-state index in [0.29, 0.717) is 38.5 Å². The molecule has 28 heavy (non-hydrogen) atoms. The predicted molar refractivity (Wildman–Crippen MR) is 113 cm³/mol. The molecule has 3 rings (SSSR count). The van der Waals surface area contributed by atoms with E-state index in [1.165, 1.54) is 22.7 Å². The smallest absolute Gasteiger partial charge is 0.248 e. The molecule has 1 saturated heterocycles. The first-order chi connectivity index (χ1) is 13.5. The van der Waals surface area contributed by atoms with Crippen molar-refractivity contribution in [2.45, 2.75) is 6.04 Å². The first-order valence-electron chi connectivity index (χ1n) is 8.31. The van der Waals surface area contributed by atoms with Crippen LogP contribution in [0.3, 0.4) is 0 Å². The molecule has 0 radical (unpaired) electrons. The van der Waals surface area contributed by atoms with Gasteiger partial charge >= 0.3 is 0 Å². The molecule has 1 heterocycles. The highest BCUT2D eigenvalue weighted by Gasteiger charge is 2.33. The molecule has 8 heteroatoms. The molecule has 1 fully saturated rings. The molecule has 142 valence electrons. The highest BCUT2D eigenvalue weighted by molar-refractivity contribution is 7.99. The van der Waals surface area contributed by atoms with Crippen LogP contribution in [-0.4, -0.2) is 34.4 Å². The maximum Gasteiger partial charge on any atom is 0.248 e. The van der Waals surface area contributed by atoms with Gasteiger partial charge in [0.25, 0.3) is 0 Å². The number of benzene rings is 2. The number of nitrogens with one attached hydrogen (secondary N) is 1. The Kier molecular flexibility index (Phi) is 6.63. The molecule has 0 spiro atoms. The molecule has 0 bridgehead atoms. The summed E-state index contributed by atoms with van der Waals surface area (Å²) < 4.78 is 0. The lowest BCUT2D eigenvalue weighted by atomic mass is 10.2. The summed E-state index contributed by atoms with van der Waals surface area (Å²) in [7, 11) is 0. The minimum Gasteiger partial charge on any atom is -0.324 e. The fraction of sp³-hybridized carbons (Fsp3) is 0.150. The van der Waals surface area contributed by atoms with Gasteiger partial charge in [0, 0.05) is 17.5 Å². The molecule has 0 aliphatic carbocycles. The molecule has 1 N–H and O–H groups in total. The van der Waals surface area contributed by atoms with Crippen LogP contribution in [0.1, 0.15) is 11.1 Å². The number of nitrogens with zero attached hydrogens (tertiary/aromatic N) is 2. The van der Waals surface area contributed by atoms with Crippen LogP contribution in [0.2, 0.25) is 10.0 Å². The average Bonchev–Trinajstić information content (AvgIpc) is 3.19. The fourth-order valence-corrected chi connectivity index (χ4v) is 4.17. The minimum atomic E-state index is -0.576. The predicted octanol–water partition coefficient (Wildman–Crippen LogP) is 4.42. The number of hydrogen-bond acceptors (Lipinski definition) is 4. The number of hydrogen-bond donors (Lipinski definition) is 1. The standard InChI is InChI=1S/C20H15Cl2N3O2S/c21-16-3-1-2-14(19(16)22)6-9-18(26)25-12-28-11-17(25)20(27)24-15-7-4-13(10-23)5-8-15/h1-9,17H,11-12H2,(H,24,27)/b9-6+. The maximum atomic E-state index is 12.6. The van der Waals surface area contributed by atoms with Gasteiger partial charge in [-0.05, 0) is 42.0 Å². The molecule has 0 saturated carbocycles. The maximum absolute atomic E-state index is 12.6. The van der Waals surface area contributed by atoms with E-state index in [1.807, 2.05) is 6.07 Å². The van der Waals surface area contributed by atoms with Crippen molar-refractivity contribution in [1.29, 1.82) is 5.26 Å². The van der Waals surface area contributed by atoms with Crippen molar-refractivity contribution in [3.63, 3.8) is 0 Å². The summed E-state index contributed by atoms with van der Waals surface area (Å²) in [5.41, 5.74) is 1.72. The number of halogens is 2. The first kappa shape index (κ1) is 20.3. The van der Waals surface area contributed by atoms with Crippen LogP contribution in [0.25, 0.3) is 6.08 Å². The Balaban J connectivity index is 1.68. The van der Waals surface area contributed by atoms with E-state index in [4.69, 9.17) is 28.5 Å². The van der Waals surface area contributed by atoms with E-state index in [1.54, 1.807) is 48.5 Å². The lowest BCUT2D eigenvalue weighted by Gasteiger charge is -2.21. The Bertz CT molecular complexity index is 970. The zero-order valence-electron chi connectivity index (χ0n) is 14.6. The third kappa shape index (κ3) is 4.68. The van der Waals surface area contributed by atoms with Gasteiger partial charge in [0.2, 0.25) is 11.8 Å². The molecule has 1 aliphatic rings. The Labute approximate surface area is 176 Å². The van der Waals surface area contributed by atoms with E-state index in [2.05, 4.69) is 5.32 Å². The number of thioether (sulfide) groups is 1. The van der Waals surface area contributed by atoms with Crippen molar-refractivity contribution in [2.75, 3.05) is 16.9 Å². The molecular formula is C20H15Cl2N3O2S. The molecule has 1 aliphatic heterocycles. The number of carbonyl (C=O) groups is 2. The van der Waals surface area contributed by atoms with Gasteiger partial charge in [0.1, 0.15) is 6.04 Å². The second-order valence-electron chi connectivity index (χ2n) is 5.98. The first-order valence-corrected chi connectivity index (χ1v) is 10.2. The van der Waals surface area contributed by atoms with Gasteiger partial charge < -0.3 is 10.2 Å². The van der Waals surface area contributed by atoms with E-state index in [9.17, 15) is 9.59 Å². The van der Waals surface area contributed by atoms with E-state index < -0.39 is 6.04 Å². The summed E-state index contributed by atoms with van der Waals surface area (Å²) in [5, 5.41) is 12.4. The van der Waals surface area contributed by atoms with Crippen molar-refractivity contribution < 1.29 is 9.59 Å². The Morgan fingerprint density at radius 1 is 1.21 bits per heavy atom. The van der Waals surface area contributed by atoms with Crippen molar-refractivity contribution in [1.82, 2.24) is 4.90 Å². The van der Waals surface area contributed by atoms with E-state index in [-0.39, 0.29) is 11.8 Å². The van der Waals surface area contributed by atoms with Crippen molar-refractivity contribution in [3.8, 4) is 6.07 Å². The third-order valence-electron chi connectivity index (χ3n) is 4.14. The molecule has 2 amide bonds. The number of rotatable bonds is 4. The van der Waals surface area contributed by atoms with E-state index >= 15 is 0 Å². The highest BCUT2D eigenvalue weighted by Crippen LogP contribution is 2.27. The van der Waals surface area contributed by atoms with Gasteiger partial charge in [0.15, 0.2) is 0 Å². The second kappa shape index (κ2) is 9.16. The quantitative estimate of drug-likeness (QED) is 0.727. The summed E-state index contributed by atoms with van der Waals surface area (Å²) in [6.45, 7) is 0.